The van der Waals surface area contributed by atoms with Crippen molar-refractivity contribution < 1.29 is 22.5 Å². The molecule has 0 saturated heterocycles. The monoisotopic (exact) mass is 435 g/mol. The number of alkyl halides is 3. The predicted octanol–water partition coefficient (Wildman–Crippen LogP) is 5.99. The van der Waals surface area contributed by atoms with Crippen LogP contribution < -0.4 is 4.31 Å². The molecular formula is C20H25ClF3NO2S. The Morgan fingerprint density at radius 1 is 1.07 bits per heavy atom. The van der Waals surface area contributed by atoms with Gasteiger partial charge in [-0.05, 0) is 50.1 Å². The van der Waals surface area contributed by atoms with Crippen molar-refractivity contribution in [1.29, 1.82) is 0 Å². The van der Waals surface area contributed by atoms with E-state index in [-0.39, 0.29) is 15.6 Å². The Morgan fingerprint density at radius 3 is 2.07 bits per heavy atom. The molecule has 0 saturated carbocycles. The largest absolute Gasteiger partial charge is 0.407 e. The van der Waals surface area contributed by atoms with Gasteiger partial charge in [0.25, 0.3) is 0 Å². The van der Waals surface area contributed by atoms with Gasteiger partial charge < -0.3 is 5.11 Å². The summed E-state index contributed by atoms with van der Waals surface area (Å²) >= 11 is 6.14. The first-order valence-electron chi connectivity index (χ1n) is 8.74. The van der Waals surface area contributed by atoms with E-state index >= 15 is 0 Å². The maximum Gasteiger partial charge on any atom is 0.407 e. The van der Waals surface area contributed by atoms with Crippen LogP contribution in [0, 0.1) is 6.92 Å². The van der Waals surface area contributed by atoms with Gasteiger partial charge in [-0.15, -0.1) is 0 Å². The van der Waals surface area contributed by atoms with E-state index < -0.39 is 29.3 Å². The van der Waals surface area contributed by atoms with Crippen LogP contribution in [0.5, 0.6) is 0 Å². The third kappa shape index (κ3) is 6.50. The Balaban J connectivity index is 0.00000190. The van der Waals surface area contributed by atoms with E-state index in [0.29, 0.717) is 11.1 Å². The Kier molecular flexibility index (Phi) is 8.53. The molecule has 3 nitrogen and oxygen atoms in total. The molecule has 0 aliphatic rings. The molecule has 0 amide bonds. The van der Waals surface area contributed by atoms with Gasteiger partial charge in [-0.2, -0.15) is 13.2 Å². The number of benzene rings is 2. The lowest BCUT2D eigenvalue weighted by atomic mass is 9.98. The molecule has 2 rings (SSSR count). The summed E-state index contributed by atoms with van der Waals surface area (Å²) in [7, 11) is -2.15. The Bertz CT molecular complexity index is 803. The average molecular weight is 436 g/mol. The van der Waals surface area contributed by atoms with E-state index in [1.807, 2.05) is 13.8 Å². The summed E-state index contributed by atoms with van der Waals surface area (Å²) in [5.41, 5.74) is 0.146. The predicted molar refractivity (Wildman–Crippen MR) is 109 cm³/mol. The van der Waals surface area contributed by atoms with Crippen LogP contribution in [0.2, 0.25) is 5.02 Å². The number of hydrogen-bond acceptors (Lipinski definition) is 2. The van der Waals surface area contributed by atoms with Crippen LogP contribution in [0.1, 0.15) is 38.8 Å². The van der Waals surface area contributed by atoms with Crippen LogP contribution >= 0.6 is 11.6 Å². The summed E-state index contributed by atoms with van der Waals surface area (Å²) in [5, 5.41) is 10.2. The molecule has 0 bridgehead atoms. The van der Waals surface area contributed by atoms with Gasteiger partial charge in [-0.1, -0.05) is 49.7 Å². The zero-order valence-electron chi connectivity index (χ0n) is 16.5. The van der Waals surface area contributed by atoms with E-state index in [1.54, 1.807) is 32.9 Å². The summed E-state index contributed by atoms with van der Waals surface area (Å²) in [5.74, 6) is 0. The number of halogens is 4. The second-order valence-corrected chi connectivity index (χ2v) is 8.15. The van der Waals surface area contributed by atoms with Gasteiger partial charge in [0.1, 0.15) is 6.54 Å². The molecule has 0 aliphatic heterocycles. The van der Waals surface area contributed by atoms with Crippen LogP contribution in [-0.4, -0.2) is 22.0 Å². The number of nitrogens with zero attached hydrogens (tertiary/aromatic N) is 1. The van der Waals surface area contributed by atoms with Crippen molar-refractivity contribution in [2.24, 2.45) is 0 Å². The van der Waals surface area contributed by atoms with Crippen LogP contribution in [0.15, 0.2) is 47.4 Å². The van der Waals surface area contributed by atoms with Gasteiger partial charge in [-0.25, -0.2) is 4.21 Å². The molecule has 28 heavy (non-hydrogen) atoms. The molecule has 1 unspecified atom stereocenters. The first kappa shape index (κ1) is 24.5. The van der Waals surface area contributed by atoms with Gasteiger partial charge in [0, 0.05) is 5.69 Å². The van der Waals surface area contributed by atoms with Gasteiger partial charge >= 0.3 is 6.18 Å². The number of hydrogen-bond donors (Lipinski definition) is 1. The molecule has 1 N–H and O–H groups in total. The SMILES string of the molecule is CC.Cc1cccc(S(=O)N(CC(F)(F)F)c2ccc(C(C)(C)O)cc2)c1Cl. The Hall–Kier alpha value is -1.57. The first-order valence-corrected chi connectivity index (χ1v) is 10.2. The van der Waals surface area contributed by atoms with Crippen LogP contribution in [0.25, 0.3) is 0 Å². The molecule has 0 spiro atoms. The molecule has 0 aromatic heterocycles. The highest BCUT2D eigenvalue weighted by atomic mass is 35.5. The van der Waals surface area contributed by atoms with E-state index in [1.165, 1.54) is 30.3 Å². The fourth-order valence-electron chi connectivity index (χ4n) is 2.32. The summed E-state index contributed by atoms with van der Waals surface area (Å²) in [6.45, 7) is 7.43. The minimum atomic E-state index is -4.55. The van der Waals surface area contributed by atoms with Crippen molar-refractivity contribution in [3.8, 4) is 0 Å². The Labute approximate surface area is 171 Å². The molecule has 0 heterocycles. The van der Waals surface area contributed by atoms with Gasteiger partial charge in [0.2, 0.25) is 0 Å². The highest BCUT2D eigenvalue weighted by molar-refractivity contribution is 7.86. The highest BCUT2D eigenvalue weighted by Crippen LogP contribution is 2.31. The summed E-state index contributed by atoms with van der Waals surface area (Å²) in [6, 6.07) is 10.6. The molecule has 156 valence electrons. The highest BCUT2D eigenvalue weighted by Gasteiger charge is 2.34. The number of aliphatic hydroxyl groups is 1. The van der Waals surface area contributed by atoms with Gasteiger partial charge in [0.05, 0.1) is 15.5 Å². The summed E-state index contributed by atoms with van der Waals surface area (Å²) < 4.78 is 52.8. The lowest BCUT2D eigenvalue weighted by Gasteiger charge is -2.26. The van der Waals surface area contributed by atoms with Crippen LogP contribution in [0.4, 0.5) is 18.9 Å². The molecule has 1 atom stereocenters. The number of rotatable bonds is 5. The molecule has 0 aliphatic carbocycles. The first-order chi connectivity index (χ1) is 12.9. The molecule has 2 aromatic rings. The summed E-state index contributed by atoms with van der Waals surface area (Å²) in [6.07, 6.45) is -4.55. The third-order valence-electron chi connectivity index (χ3n) is 3.73. The van der Waals surface area contributed by atoms with Crippen molar-refractivity contribution in [2.75, 3.05) is 10.8 Å². The second-order valence-electron chi connectivity index (χ2n) is 6.39. The second kappa shape index (κ2) is 9.76. The molecule has 2 aromatic carbocycles. The lowest BCUT2D eigenvalue weighted by Crippen LogP contribution is -2.36. The van der Waals surface area contributed by atoms with Crippen LogP contribution in [0.3, 0.4) is 0 Å². The number of aryl methyl sites for hydroxylation is 1. The Morgan fingerprint density at radius 2 is 1.61 bits per heavy atom. The lowest BCUT2D eigenvalue weighted by molar-refractivity contribution is -0.117. The van der Waals surface area contributed by atoms with E-state index in [2.05, 4.69) is 0 Å². The van der Waals surface area contributed by atoms with Gasteiger partial charge in [0.15, 0.2) is 11.0 Å². The normalized spacial score (nSPS) is 12.8. The van der Waals surface area contributed by atoms with Crippen LogP contribution in [-0.2, 0) is 16.6 Å². The smallest absolute Gasteiger partial charge is 0.386 e. The maximum atomic E-state index is 13.1. The fourth-order valence-corrected chi connectivity index (χ4v) is 3.97. The zero-order chi connectivity index (χ0) is 21.7. The van der Waals surface area contributed by atoms with E-state index in [0.717, 1.165) is 4.31 Å². The molecule has 8 heteroatoms. The standard InChI is InChI=1S/C18H19ClF3NO2S.C2H6/c1-12-5-4-6-15(16(12)19)26(25)23(11-18(20,21)22)14-9-7-13(8-10-14)17(2,3)24;1-2/h4-10,24H,11H2,1-3H3;1-2H3. The third-order valence-corrected chi connectivity index (χ3v) is 5.80. The minimum absolute atomic E-state index is 0.113. The van der Waals surface area contributed by atoms with Crippen molar-refractivity contribution in [3.63, 3.8) is 0 Å². The van der Waals surface area contributed by atoms with Gasteiger partial charge in [-0.3, -0.25) is 4.31 Å². The quantitative estimate of drug-likeness (QED) is 0.626. The van der Waals surface area contributed by atoms with E-state index in [9.17, 15) is 22.5 Å². The molecular weight excluding hydrogens is 411 g/mol. The minimum Gasteiger partial charge on any atom is -0.386 e. The zero-order valence-corrected chi connectivity index (χ0v) is 18.0. The molecule has 0 fully saturated rings. The summed E-state index contributed by atoms with van der Waals surface area (Å²) in [4.78, 5) is 0.113. The number of anilines is 1. The van der Waals surface area contributed by atoms with Crippen molar-refractivity contribution >= 4 is 28.3 Å². The topological polar surface area (TPSA) is 40.5 Å². The van der Waals surface area contributed by atoms with Crippen molar-refractivity contribution in [1.82, 2.24) is 0 Å². The average Bonchev–Trinajstić information content (AvgIpc) is 2.62. The van der Waals surface area contributed by atoms with E-state index in [4.69, 9.17) is 11.6 Å². The van der Waals surface area contributed by atoms with Crippen molar-refractivity contribution in [2.45, 2.75) is 51.3 Å². The molecule has 0 radical (unpaired) electrons. The van der Waals surface area contributed by atoms with Crippen molar-refractivity contribution in [3.05, 3.63) is 58.6 Å². The maximum absolute atomic E-state index is 13.1. The fraction of sp³-hybridized carbons (Fsp3) is 0.400.